The Morgan fingerprint density at radius 3 is 2.39 bits per heavy atom. The summed E-state index contributed by atoms with van der Waals surface area (Å²) in [5.74, 6) is -0.711. The largest absolute Gasteiger partial charge is 0.261 e. The van der Waals surface area contributed by atoms with Gasteiger partial charge in [0.1, 0.15) is 11.6 Å². The first-order valence-corrected chi connectivity index (χ1v) is 7.76. The Balaban J connectivity index is 2.11. The maximum Gasteiger partial charge on any atom is 0.205 e. The van der Waals surface area contributed by atoms with Crippen LogP contribution in [0.25, 0.3) is 11.3 Å². The molecule has 0 atom stereocenters. The van der Waals surface area contributed by atoms with E-state index >= 15 is 0 Å². The van der Waals surface area contributed by atoms with Crippen molar-refractivity contribution in [2.45, 2.75) is 0 Å². The lowest BCUT2D eigenvalue weighted by Crippen LogP contribution is -2.12. The monoisotopic (exact) mass is 329 g/mol. The number of aromatic nitrogens is 1. The maximum absolute atomic E-state index is 14.0. The number of benzene rings is 2. The van der Waals surface area contributed by atoms with Gasteiger partial charge in [0.15, 0.2) is 0 Å². The van der Waals surface area contributed by atoms with E-state index in [1.807, 2.05) is 0 Å². The Morgan fingerprint density at radius 2 is 1.70 bits per heavy atom. The fourth-order valence-electron chi connectivity index (χ4n) is 2.12. The molecule has 1 heterocycles. The van der Waals surface area contributed by atoms with Crippen LogP contribution in [0, 0.1) is 11.6 Å². The van der Waals surface area contributed by atoms with Gasteiger partial charge in [-0.3, -0.25) is 4.99 Å². The third-order valence-electron chi connectivity index (χ3n) is 3.24. The van der Waals surface area contributed by atoms with E-state index in [1.165, 1.54) is 34.4 Å². The highest BCUT2D eigenvalue weighted by atomic mass is 32.1. The van der Waals surface area contributed by atoms with E-state index in [2.05, 4.69) is 10.1 Å². The van der Waals surface area contributed by atoms with Crippen LogP contribution in [0.3, 0.4) is 0 Å². The molecule has 0 saturated heterocycles. The van der Waals surface area contributed by atoms with Crippen LogP contribution in [0.5, 0.6) is 0 Å². The third-order valence-corrected chi connectivity index (χ3v) is 4.15. The van der Waals surface area contributed by atoms with Gasteiger partial charge in [-0.15, -0.1) is 11.3 Å². The predicted molar refractivity (Wildman–Crippen MR) is 88.6 cm³/mol. The molecule has 23 heavy (non-hydrogen) atoms. The molecule has 0 N–H and O–H groups in total. The number of nitrogens with zero attached hydrogens (tertiary/aromatic N) is 3. The average molecular weight is 329 g/mol. The molecular weight excluding hydrogens is 316 g/mol. The zero-order chi connectivity index (χ0) is 16.2. The van der Waals surface area contributed by atoms with Crippen molar-refractivity contribution in [3.63, 3.8) is 0 Å². The molecule has 3 nitrogen and oxygen atoms in total. The Hall–Kier alpha value is -2.60. The molecule has 3 rings (SSSR count). The molecule has 0 saturated carbocycles. The highest BCUT2D eigenvalue weighted by molar-refractivity contribution is 7.07. The summed E-state index contributed by atoms with van der Waals surface area (Å²) < 4.78 is 29.3. The van der Waals surface area contributed by atoms with Crippen molar-refractivity contribution >= 4 is 17.6 Å². The summed E-state index contributed by atoms with van der Waals surface area (Å²) in [5, 5.41) is 6.06. The SMILES string of the molecule is CN=c1scc(-c2ccccc2F)n1N=Cc1ccccc1F. The van der Waals surface area contributed by atoms with Gasteiger partial charge in [0.05, 0.1) is 11.9 Å². The number of hydrogen-bond acceptors (Lipinski definition) is 3. The number of hydrogen-bond donors (Lipinski definition) is 0. The van der Waals surface area contributed by atoms with Crippen molar-refractivity contribution in [3.05, 3.63) is 75.9 Å². The topological polar surface area (TPSA) is 29.6 Å². The molecule has 0 aliphatic rings. The fraction of sp³-hybridized carbons (Fsp3) is 0.0588. The molecule has 0 bridgehead atoms. The van der Waals surface area contributed by atoms with Gasteiger partial charge in [-0.1, -0.05) is 30.3 Å². The van der Waals surface area contributed by atoms with E-state index < -0.39 is 0 Å². The minimum atomic E-state index is -0.366. The minimum absolute atomic E-state index is 0.345. The Kier molecular flexibility index (Phi) is 4.43. The molecule has 0 spiro atoms. The van der Waals surface area contributed by atoms with Crippen LogP contribution in [0.15, 0.2) is 64.0 Å². The summed E-state index contributed by atoms with van der Waals surface area (Å²) in [4.78, 5) is 4.73. The van der Waals surface area contributed by atoms with Gasteiger partial charge < -0.3 is 0 Å². The summed E-state index contributed by atoms with van der Waals surface area (Å²) in [6, 6.07) is 12.8. The van der Waals surface area contributed by atoms with Crippen LogP contribution in [-0.4, -0.2) is 17.9 Å². The van der Waals surface area contributed by atoms with Crippen LogP contribution < -0.4 is 4.80 Å². The predicted octanol–water partition coefficient (Wildman–Crippen LogP) is 3.91. The molecule has 0 fully saturated rings. The van der Waals surface area contributed by atoms with Crippen LogP contribution in [0.2, 0.25) is 0 Å². The van der Waals surface area contributed by atoms with Gasteiger partial charge in [-0.2, -0.15) is 5.10 Å². The van der Waals surface area contributed by atoms with Crippen molar-refractivity contribution in [1.29, 1.82) is 0 Å². The minimum Gasteiger partial charge on any atom is -0.261 e. The first-order chi connectivity index (χ1) is 11.2. The maximum atomic E-state index is 14.0. The van der Waals surface area contributed by atoms with E-state index in [0.29, 0.717) is 21.6 Å². The van der Waals surface area contributed by atoms with Gasteiger partial charge in [-0.05, 0) is 18.2 Å². The van der Waals surface area contributed by atoms with Crippen molar-refractivity contribution < 1.29 is 8.78 Å². The van der Waals surface area contributed by atoms with Crippen molar-refractivity contribution in [2.24, 2.45) is 10.1 Å². The average Bonchev–Trinajstić information content (AvgIpc) is 2.97. The van der Waals surface area contributed by atoms with E-state index in [0.717, 1.165) is 0 Å². The number of thiazole rings is 1. The molecule has 0 unspecified atom stereocenters. The van der Waals surface area contributed by atoms with Gasteiger partial charge >= 0.3 is 0 Å². The Labute approximate surface area is 135 Å². The van der Waals surface area contributed by atoms with Crippen LogP contribution >= 0.6 is 11.3 Å². The third kappa shape index (κ3) is 3.12. The second-order valence-electron chi connectivity index (χ2n) is 4.68. The molecule has 3 aromatic rings. The lowest BCUT2D eigenvalue weighted by Gasteiger charge is -2.04. The lowest BCUT2D eigenvalue weighted by atomic mass is 10.1. The van der Waals surface area contributed by atoms with Gasteiger partial charge in [0, 0.05) is 23.6 Å². The molecular formula is C17H13F2N3S. The standard InChI is InChI=1S/C17H13F2N3S/c1-20-17-22(21-10-12-6-2-4-8-14(12)18)16(11-23-17)13-7-3-5-9-15(13)19/h2-11H,1H3. The van der Waals surface area contributed by atoms with E-state index in [1.54, 1.807) is 48.8 Å². The highest BCUT2D eigenvalue weighted by Crippen LogP contribution is 2.23. The normalized spacial score (nSPS) is 12.2. The zero-order valence-corrected chi connectivity index (χ0v) is 13.1. The van der Waals surface area contributed by atoms with Gasteiger partial charge in [0.2, 0.25) is 4.80 Å². The van der Waals surface area contributed by atoms with Crippen LogP contribution in [0.1, 0.15) is 5.56 Å². The summed E-state index contributed by atoms with van der Waals surface area (Å²) in [6.45, 7) is 0. The molecule has 1 aromatic heterocycles. The van der Waals surface area contributed by atoms with Crippen molar-refractivity contribution in [3.8, 4) is 11.3 Å². The first kappa shape index (κ1) is 15.3. The smallest absolute Gasteiger partial charge is 0.205 e. The highest BCUT2D eigenvalue weighted by Gasteiger charge is 2.11. The van der Waals surface area contributed by atoms with E-state index in [-0.39, 0.29) is 11.6 Å². The van der Waals surface area contributed by atoms with E-state index in [4.69, 9.17) is 0 Å². The molecule has 0 aliphatic carbocycles. The summed E-state index contributed by atoms with van der Waals surface area (Å²) in [7, 11) is 1.63. The Morgan fingerprint density at radius 1 is 1.00 bits per heavy atom. The zero-order valence-electron chi connectivity index (χ0n) is 12.3. The second kappa shape index (κ2) is 6.66. The summed E-state index contributed by atoms with van der Waals surface area (Å²) >= 11 is 1.34. The van der Waals surface area contributed by atoms with Gasteiger partial charge in [-0.25, -0.2) is 13.5 Å². The Bertz CT molecular complexity index is 925. The number of rotatable bonds is 3. The fourth-order valence-corrected chi connectivity index (χ4v) is 2.91. The lowest BCUT2D eigenvalue weighted by molar-refractivity contribution is 0.625. The van der Waals surface area contributed by atoms with Crippen molar-refractivity contribution in [2.75, 3.05) is 7.05 Å². The summed E-state index contributed by atoms with van der Waals surface area (Å²) in [5.41, 5.74) is 1.35. The van der Waals surface area contributed by atoms with Crippen LogP contribution in [0.4, 0.5) is 8.78 Å². The summed E-state index contributed by atoms with van der Waals surface area (Å²) in [6.07, 6.45) is 1.40. The van der Waals surface area contributed by atoms with Gasteiger partial charge in [0.25, 0.3) is 0 Å². The second-order valence-corrected chi connectivity index (χ2v) is 5.52. The van der Waals surface area contributed by atoms with E-state index in [9.17, 15) is 8.78 Å². The molecule has 116 valence electrons. The molecule has 6 heteroatoms. The molecule has 0 radical (unpaired) electrons. The molecule has 0 aliphatic heterocycles. The number of halogens is 2. The molecule has 2 aromatic carbocycles. The van der Waals surface area contributed by atoms with Crippen LogP contribution in [-0.2, 0) is 0 Å². The quantitative estimate of drug-likeness (QED) is 0.652. The first-order valence-electron chi connectivity index (χ1n) is 6.88. The van der Waals surface area contributed by atoms with Crippen molar-refractivity contribution in [1.82, 2.24) is 4.68 Å². The molecule has 0 amide bonds.